The van der Waals surface area contributed by atoms with Gasteiger partial charge in [0.15, 0.2) is 6.61 Å². The fourth-order valence-corrected chi connectivity index (χ4v) is 4.04. The lowest BCUT2D eigenvalue weighted by Gasteiger charge is -2.38. The molecule has 0 aromatic heterocycles. The highest BCUT2D eigenvalue weighted by Gasteiger charge is 2.38. The maximum Gasteiger partial charge on any atom is 0.174 e. The number of allylic oxidation sites excluding steroid dienone is 2. The van der Waals surface area contributed by atoms with Crippen LogP contribution in [-0.2, 0) is 0 Å². The van der Waals surface area contributed by atoms with Crippen molar-refractivity contribution in [1.29, 1.82) is 5.26 Å². The molecule has 24 heavy (non-hydrogen) atoms. The minimum absolute atomic E-state index is 0.0681. The van der Waals surface area contributed by atoms with Crippen molar-refractivity contribution >= 4 is 17.3 Å². The lowest BCUT2D eigenvalue weighted by molar-refractivity contribution is 0.367. The predicted octanol–water partition coefficient (Wildman–Crippen LogP) is 5.07. The summed E-state index contributed by atoms with van der Waals surface area (Å²) in [5, 5.41) is 13.0. The normalized spacial score (nSPS) is 23.8. The van der Waals surface area contributed by atoms with Crippen molar-refractivity contribution in [3.05, 3.63) is 70.8 Å². The smallest absolute Gasteiger partial charge is 0.174 e. The molecule has 1 heterocycles. The van der Waals surface area contributed by atoms with Gasteiger partial charge in [0.05, 0.1) is 16.8 Å². The van der Waals surface area contributed by atoms with Gasteiger partial charge in [-0.15, -0.1) is 0 Å². The third kappa shape index (κ3) is 2.53. The number of rotatable bonds is 3. The van der Waals surface area contributed by atoms with Gasteiger partial charge in [-0.2, -0.15) is 5.26 Å². The van der Waals surface area contributed by atoms with Crippen molar-refractivity contribution in [2.75, 3.05) is 11.9 Å². The van der Waals surface area contributed by atoms with Crippen LogP contribution < -0.4 is 10.1 Å². The Labute approximate surface area is 146 Å². The summed E-state index contributed by atoms with van der Waals surface area (Å²) in [7, 11) is 0. The van der Waals surface area contributed by atoms with Gasteiger partial charge in [-0.1, -0.05) is 48.0 Å². The average molecular weight is 337 g/mol. The summed E-state index contributed by atoms with van der Waals surface area (Å²) in [6, 6.07) is 16.3. The molecule has 0 saturated heterocycles. The van der Waals surface area contributed by atoms with Gasteiger partial charge in [0.2, 0.25) is 0 Å². The van der Waals surface area contributed by atoms with Crippen LogP contribution >= 0.6 is 11.6 Å². The van der Waals surface area contributed by atoms with Gasteiger partial charge in [0, 0.05) is 5.92 Å². The molecule has 0 bridgehead atoms. The van der Waals surface area contributed by atoms with Crippen molar-refractivity contribution in [3.8, 4) is 11.8 Å². The number of nitriles is 1. The van der Waals surface area contributed by atoms with E-state index in [-0.39, 0.29) is 12.6 Å². The molecule has 0 saturated carbocycles. The molecule has 4 heteroatoms. The molecule has 3 atom stereocenters. The molecule has 4 rings (SSSR count). The maximum absolute atomic E-state index is 8.60. The van der Waals surface area contributed by atoms with Crippen LogP contribution in [0.2, 0.25) is 5.02 Å². The molecule has 0 radical (unpaired) electrons. The fraction of sp³-hybridized carbons (Fsp3) is 0.250. The molecule has 1 aliphatic heterocycles. The Hall–Kier alpha value is -2.44. The largest absolute Gasteiger partial charge is 0.479 e. The molecule has 120 valence electrons. The molecule has 0 amide bonds. The number of benzene rings is 2. The van der Waals surface area contributed by atoms with E-state index in [0.717, 1.165) is 22.9 Å². The van der Waals surface area contributed by atoms with Gasteiger partial charge in [0.1, 0.15) is 11.8 Å². The molecule has 1 N–H and O–H groups in total. The average Bonchev–Trinajstić information content (AvgIpc) is 3.10. The highest BCUT2D eigenvalue weighted by molar-refractivity contribution is 6.33. The van der Waals surface area contributed by atoms with Gasteiger partial charge in [-0.25, -0.2) is 0 Å². The van der Waals surface area contributed by atoms with E-state index in [1.165, 1.54) is 11.1 Å². The van der Waals surface area contributed by atoms with E-state index in [9.17, 15) is 0 Å². The minimum Gasteiger partial charge on any atom is -0.479 e. The second kappa shape index (κ2) is 6.22. The van der Waals surface area contributed by atoms with E-state index in [1.807, 2.05) is 30.3 Å². The van der Waals surface area contributed by atoms with E-state index in [0.29, 0.717) is 11.8 Å². The maximum atomic E-state index is 8.60. The molecule has 0 fully saturated rings. The summed E-state index contributed by atoms with van der Waals surface area (Å²) in [5.41, 5.74) is 3.54. The summed E-state index contributed by atoms with van der Waals surface area (Å²) in [4.78, 5) is 0. The van der Waals surface area contributed by atoms with Crippen molar-refractivity contribution < 1.29 is 4.74 Å². The van der Waals surface area contributed by atoms with E-state index in [2.05, 4.69) is 35.7 Å². The van der Waals surface area contributed by atoms with Crippen molar-refractivity contribution in [1.82, 2.24) is 0 Å². The lowest BCUT2D eigenvalue weighted by atomic mass is 9.77. The van der Waals surface area contributed by atoms with Crippen molar-refractivity contribution in [2.24, 2.45) is 5.92 Å². The number of nitrogens with zero attached hydrogens (tertiary/aromatic N) is 1. The molecule has 2 aliphatic rings. The zero-order valence-electron chi connectivity index (χ0n) is 13.1. The van der Waals surface area contributed by atoms with Crippen molar-refractivity contribution in [2.45, 2.75) is 18.4 Å². The summed E-state index contributed by atoms with van der Waals surface area (Å²) in [6.07, 6.45) is 5.63. The Kier molecular flexibility index (Phi) is 3.92. The molecule has 3 nitrogen and oxygen atoms in total. The summed E-state index contributed by atoms with van der Waals surface area (Å²) >= 11 is 6.43. The Balaban J connectivity index is 1.67. The number of halogens is 1. The Bertz CT molecular complexity index is 823. The van der Waals surface area contributed by atoms with Crippen LogP contribution in [0.3, 0.4) is 0 Å². The first-order valence-electron chi connectivity index (χ1n) is 8.09. The van der Waals surface area contributed by atoms with Crippen LogP contribution in [0.15, 0.2) is 54.6 Å². The number of para-hydroxylation sites is 1. The zero-order chi connectivity index (χ0) is 16.5. The molecule has 0 unspecified atom stereocenters. The number of hydrogen-bond acceptors (Lipinski definition) is 3. The number of nitrogens with one attached hydrogen (secondary N) is 1. The highest BCUT2D eigenvalue weighted by Crippen LogP contribution is 2.51. The standard InChI is InChI=1S/C20H17ClN2O/c21-18-6-2-5-17-15-3-1-4-16(15)19(23-20(17)18)13-7-9-14(10-8-13)24-12-11-22/h1-3,5-10,15-16,19,23H,4,12H2/t15-,16+,19+/m1/s1. The van der Waals surface area contributed by atoms with E-state index < -0.39 is 0 Å². The predicted molar refractivity (Wildman–Crippen MR) is 95.4 cm³/mol. The molecule has 0 spiro atoms. The summed E-state index contributed by atoms with van der Waals surface area (Å²) in [5.74, 6) is 1.61. The first-order valence-corrected chi connectivity index (χ1v) is 8.47. The highest BCUT2D eigenvalue weighted by atomic mass is 35.5. The third-order valence-corrected chi connectivity index (χ3v) is 5.20. The zero-order valence-corrected chi connectivity index (χ0v) is 13.8. The third-order valence-electron chi connectivity index (χ3n) is 4.89. The van der Waals surface area contributed by atoms with Crippen LogP contribution in [0.4, 0.5) is 5.69 Å². The van der Waals surface area contributed by atoms with Gasteiger partial charge in [0.25, 0.3) is 0 Å². The number of hydrogen-bond donors (Lipinski definition) is 1. The Morgan fingerprint density at radius 3 is 2.83 bits per heavy atom. The van der Waals surface area contributed by atoms with Crippen LogP contribution in [0.5, 0.6) is 5.75 Å². The summed E-state index contributed by atoms with van der Waals surface area (Å²) < 4.78 is 5.34. The van der Waals surface area contributed by atoms with Crippen molar-refractivity contribution in [3.63, 3.8) is 0 Å². The molecular formula is C20H17ClN2O. The first kappa shape index (κ1) is 15.1. The first-order chi connectivity index (χ1) is 11.8. The minimum atomic E-state index is 0.0681. The number of fused-ring (bicyclic) bond motifs is 3. The van der Waals surface area contributed by atoms with Gasteiger partial charge < -0.3 is 10.1 Å². The lowest BCUT2D eigenvalue weighted by Crippen LogP contribution is -2.29. The van der Waals surface area contributed by atoms with Gasteiger partial charge in [-0.05, 0) is 41.7 Å². The van der Waals surface area contributed by atoms with Gasteiger partial charge in [-0.3, -0.25) is 0 Å². The van der Waals surface area contributed by atoms with Crippen LogP contribution in [0.25, 0.3) is 0 Å². The van der Waals surface area contributed by atoms with Crippen LogP contribution in [0, 0.1) is 17.2 Å². The number of ether oxygens (including phenoxy) is 1. The topological polar surface area (TPSA) is 45.0 Å². The monoisotopic (exact) mass is 336 g/mol. The van der Waals surface area contributed by atoms with Crippen LogP contribution in [-0.4, -0.2) is 6.61 Å². The molecular weight excluding hydrogens is 320 g/mol. The molecule has 1 aliphatic carbocycles. The van der Waals surface area contributed by atoms with E-state index >= 15 is 0 Å². The second-order valence-corrected chi connectivity index (χ2v) is 6.60. The number of anilines is 1. The SMILES string of the molecule is N#CCOc1ccc([C@@H]2Nc3c(Cl)cccc3[C@@H]3C=CC[C@@H]32)cc1. The van der Waals surface area contributed by atoms with Gasteiger partial charge >= 0.3 is 0 Å². The second-order valence-electron chi connectivity index (χ2n) is 6.20. The Morgan fingerprint density at radius 1 is 1.21 bits per heavy atom. The Morgan fingerprint density at radius 2 is 2.04 bits per heavy atom. The van der Waals surface area contributed by atoms with E-state index in [4.69, 9.17) is 21.6 Å². The molecule has 2 aromatic rings. The molecule has 2 aromatic carbocycles. The summed E-state index contributed by atoms with van der Waals surface area (Å²) in [6.45, 7) is 0.0681. The van der Waals surface area contributed by atoms with E-state index in [1.54, 1.807) is 0 Å². The van der Waals surface area contributed by atoms with Crippen LogP contribution in [0.1, 0.15) is 29.5 Å². The quantitative estimate of drug-likeness (QED) is 0.796. The fourth-order valence-electron chi connectivity index (χ4n) is 3.80.